The molecular formula is C28H24F5N7OS. The zero-order valence-electron chi connectivity index (χ0n) is 22.0. The van der Waals surface area contributed by atoms with Crippen molar-refractivity contribution in [2.24, 2.45) is 0 Å². The minimum Gasteiger partial charge on any atom is -0.391 e. The Kier molecular flexibility index (Phi) is 6.20. The highest BCUT2D eigenvalue weighted by Gasteiger charge is 2.40. The fraction of sp³-hybridized carbons (Fsp3) is 0.393. The number of nitriles is 1. The number of benzene rings is 2. The van der Waals surface area contributed by atoms with Gasteiger partial charge >= 0.3 is 6.18 Å². The Morgan fingerprint density at radius 3 is 2.45 bits per heavy atom. The van der Waals surface area contributed by atoms with E-state index >= 15 is 4.39 Å². The Morgan fingerprint density at radius 1 is 1.07 bits per heavy atom. The smallest absolute Gasteiger partial charge is 0.391 e. The van der Waals surface area contributed by atoms with Crippen LogP contribution in [0.1, 0.15) is 30.4 Å². The third-order valence-corrected chi connectivity index (χ3v) is 9.39. The Bertz CT molecular complexity index is 1790. The first-order chi connectivity index (χ1) is 20.0. The van der Waals surface area contributed by atoms with Gasteiger partial charge in [0.05, 0.1) is 21.9 Å². The lowest BCUT2D eigenvalue weighted by atomic mass is 9.92. The first kappa shape index (κ1) is 27.1. The number of halogens is 5. The molecule has 0 radical (unpaired) electrons. The molecule has 3 aliphatic rings. The summed E-state index contributed by atoms with van der Waals surface area (Å²) in [5.41, 5.74) is 2.94. The Hall–Kier alpha value is -3.80. The second kappa shape index (κ2) is 9.62. The number of aliphatic hydroxyl groups excluding tert-OH is 1. The number of nitrogens with one attached hydrogen (secondary N) is 1. The van der Waals surface area contributed by atoms with Crippen LogP contribution in [0, 0.1) is 23.0 Å². The summed E-state index contributed by atoms with van der Waals surface area (Å²) in [6, 6.07) is 4.92. The monoisotopic (exact) mass is 601 g/mol. The lowest BCUT2D eigenvalue weighted by Gasteiger charge is -2.35. The van der Waals surface area contributed by atoms with Gasteiger partial charge in [0.1, 0.15) is 28.2 Å². The van der Waals surface area contributed by atoms with Gasteiger partial charge < -0.3 is 26.0 Å². The number of piperazine rings is 1. The minimum atomic E-state index is -5.02. The molecule has 3 saturated heterocycles. The summed E-state index contributed by atoms with van der Waals surface area (Å²) in [7, 11) is 0. The van der Waals surface area contributed by atoms with E-state index < -0.39 is 35.0 Å². The average Bonchev–Trinajstić information content (AvgIpc) is 3.64. The predicted molar refractivity (Wildman–Crippen MR) is 149 cm³/mol. The number of alkyl halides is 3. The lowest BCUT2D eigenvalue weighted by molar-refractivity contribution is -0.137. The maximum Gasteiger partial charge on any atom is 0.417 e. The summed E-state index contributed by atoms with van der Waals surface area (Å²) in [6.45, 7) is 1.55. The number of aliphatic hydroxyl groups is 1. The van der Waals surface area contributed by atoms with E-state index in [1.54, 1.807) is 4.90 Å². The van der Waals surface area contributed by atoms with E-state index in [9.17, 15) is 27.9 Å². The first-order valence-electron chi connectivity index (χ1n) is 13.5. The maximum absolute atomic E-state index is 16.8. The van der Waals surface area contributed by atoms with Crippen LogP contribution in [0.15, 0.2) is 18.2 Å². The number of thiophene rings is 1. The van der Waals surface area contributed by atoms with E-state index in [0.717, 1.165) is 31.0 Å². The van der Waals surface area contributed by atoms with Gasteiger partial charge in [-0.25, -0.2) is 13.8 Å². The van der Waals surface area contributed by atoms with Crippen LogP contribution in [0.4, 0.5) is 38.7 Å². The molecule has 2 aromatic carbocycles. The average molecular weight is 602 g/mol. The van der Waals surface area contributed by atoms with Crippen LogP contribution in [0.2, 0.25) is 0 Å². The topological polar surface area (TPSA) is 114 Å². The third kappa shape index (κ3) is 4.21. The molecule has 5 heterocycles. The van der Waals surface area contributed by atoms with Crippen molar-refractivity contribution in [1.82, 2.24) is 15.3 Å². The molecule has 2 unspecified atom stereocenters. The van der Waals surface area contributed by atoms with E-state index in [2.05, 4.69) is 15.3 Å². The fourth-order valence-corrected chi connectivity index (χ4v) is 7.42. The number of nitrogens with two attached hydrogens (primary N) is 1. The number of nitrogens with zero attached hydrogens (tertiary/aromatic N) is 5. The maximum atomic E-state index is 16.8. The number of nitrogen functional groups attached to an aromatic ring is 1. The number of anilines is 3. The number of hydrogen-bond acceptors (Lipinski definition) is 9. The van der Waals surface area contributed by atoms with Crippen molar-refractivity contribution >= 4 is 49.1 Å². The van der Waals surface area contributed by atoms with Gasteiger partial charge in [0, 0.05) is 54.6 Å². The summed E-state index contributed by atoms with van der Waals surface area (Å²) >= 11 is 0.717. The molecule has 3 fully saturated rings. The van der Waals surface area contributed by atoms with Crippen molar-refractivity contribution in [2.75, 3.05) is 41.7 Å². The SMILES string of the molecule is N#Cc1c(N)sc2c(F)ccc(-c3c(C(F)(F)F)cc4c(N5CC6CCC(C5)N6)nc(N5CC[C@@H](O)C5)nc4c3F)c12. The van der Waals surface area contributed by atoms with Gasteiger partial charge in [0.15, 0.2) is 5.82 Å². The van der Waals surface area contributed by atoms with Crippen LogP contribution in [-0.2, 0) is 6.18 Å². The van der Waals surface area contributed by atoms with Gasteiger partial charge in [-0.15, -0.1) is 11.3 Å². The van der Waals surface area contributed by atoms with Gasteiger partial charge in [0.25, 0.3) is 0 Å². The number of β-amino-alcohol motifs (C(OH)–C–C–N with tert-alkyl or cyclic N) is 1. The number of hydrogen-bond donors (Lipinski definition) is 3. The summed E-state index contributed by atoms with van der Waals surface area (Å²) < 4.78 is 75.7. The van der Waals surface area contributed by atoms with Gasteiger partial charge in [0.2, 0.25) is 5.95 Å². The zero-order valence-corrected chi connectivity index (χ0v) is 22.8. The van der Waals surface area contributed by atoms with Crippen molar-refractivity contribution in [1.29, 1.82) is 5.26 Å². The predicted octanol–water partition coefficient (Wildman–Crippen LogP) is 4.77. The summed E-state index contributed by atoms with van der Waals surface area (Å²) in [6.07, 6.45) is -3.40. The summed E-state index contributed by atoms with van der Waals surface area (Å²) in [5.74, 6) is -1.75. The molecule has 218 valence electrons. The van der Waals surface area contributed by atoms with E-state index in [1.807, 2.05) is 11.0 Å². The van der Waals surface area contributed by atoms with Crippen LogP contribution in [0.5, 0.6) is 0 Å². The molecule has 3 aliphatic heterocycles. The molecule has 2 bridgehead atoms. The molecule has 0 amide bonds. The van der Waals surface area contributed by atoms with Crippen LogP contribution < -0.4 is 20.9 Å². The van der Waals surface area contributed by atoms with E-state index in [0.29, 0.717) is 37.4 Å². The zero-order chi connectivity index (χ0) is 29.5. The molecule has 2 aromatic heterocycles. The largest absolute Gasteiger partial charge is 0.417 e. The molecule has 14 heteroatoms. The van der Waals surface area contributed by atoms with Gasteiger partial charge in [-0.2, -0.15) is 23.4 Å². The number of rotatable bonds is 3. The number of aromatic nitrogens is 2. The van der Waals surface area contributed by atoms with E-state index in [4.69, 9.17) is 5.73 Å². The normalized spacial score (nSPS) is 22.5. The Labute approximate surface area is 240 Å². The van der Waals surface area contributed by atoms with Crippen LogP contribution in [0.3, 0.4) is 0 Å². The molecule has 42 heavy (non-hydrogen) atoms. The van der Waals surface area contributed by atoms with Crippen LogP contribution in [0.25, 0.3) is 32.1 Å². The lowest BCUT2D eigenvalue weighted by Crippen LogP contribution is -2.51. The molecule has 3 atom stereocenters. The van der Waals surface area contributed by atoms with Gasteiger partial charge in [-0.05, 0) is 37.0 Å². The van der Waals surface area contributed by atoms with E-state index in [1.165, 1.54) is 0 Å². The first-order valence-corrected chi connectivity index (χ1v) is 14.3. The molecular weight excluding hydrogens is 577 g/mol. The molecule has 7 rings (SSSR count). The van der Waals surface area contributed by atoms with Crippen molar-refractivity contribution in [3.05, 3.63) is 41.0 Å². The number of fused-ring (bicyclic) bond motifs is 4. The molecule has 4 N–H and O–H groups in total. The minimum absolute atomic E-state index is 0.0820. The highest BCUT2D eigenvalue weighted by Crippen LogP contribution is 2.48. The van der Waals surface area contributed by atoms with Crippen molar-refractivity contribution in [2.45, 2.75) is 43.6 Å². The van der Waals surface area contributed by atoms with E-state index in [-0.39, 0.29) is 67.5 Å². The standard InChI is InChI=1S/C28H24F5N7OS/c29-19-4-3-15(20-17(8-34)25(35)42-24(19)20)21-18(28(31,32)33)7-16-23(22(21)30)37-27(39-6-5-14(41)11-39)38-26(16)40-9-12-1-2-13(10-40)36-12/h3-4,7,12-14,36,41H,1-2,5-6,9-11,35H2/t12?,13?,14-/m1/s1. The van der Waals surface area contributed by atoms with Crippen molar-refractivity contribution < 1.29 is 27.1 Å². The second-order valence-electron chi connectivity index (χ2n) is 11.0. The molecule has 0 aliphatic carbocycles. The Morgan fingerprint density at radius 2 is 1.81 bits per heavy atom. The fourth-order valence-electron chi connectivity index (χ4n) is 6.47. The van der Waals surface area contributed by atoms with Gasteiger partial charge in [-0.1, -0.05) is 6.07 Å². The van der Waals surface area contributed by atoms with Crippen LogP contribution in [-0.4, -0.2) is 59.4 Å². The highest BCUT2D eigenvalue weighted by atomic mass is 32.1. The van der Waals surface area contributed by atoms with Gasteiger partial charge in [-0.3, -0.25) is 0 Å². The molecule has 0 saturated carbocycles. The second-order valence-corrected chi connectivity index (χ2v) is 12.1. The van der Waals surface area contributed by atoms with Crippen molar-refractivity contribution in [3.63, 3.8) is 0 Å². The third-order valence-electron chi connectivity index (χ3n) is 8.37. The Balaban J connectivity index is 1.55. The highest BCUT2D eigenvalue weighted by molar-refractivity contribution is 7.23. The summed E-state index contributed by atoms with van der Waals surface area (Å²) in [5, 5.41) is 23.0. The molecule has 0 spiro atoms. The van der Waals surface area contributed by atoms with Crippen molar-refractivity contribution in [3.8, 4) is 17.2 Å². The van der Waals surface area contributed by atoms with Crippen LogP contribution >= 0.6 is 11.3 Å². The quantitative estimate of drug-likeness (QED) is 0.288. The summed E-state index contributed by atoms with van der Waals surface area (Å²) in [4.78, 5) is 12.6. The molecule has 4 aromatic rings. The molecule has 8 nitrogen and oxygen atoms in total.